The maximum absolute atomic E-state index is 7.27. The number of hydrogen-bond acceptors (Lipinski definition) is 2. The van der Waals surface area contributed by atoms with Gasteiger partial charge in [0.15, 0.2) is 0 Å². The quantitative estimate of drug-likeness (QED) is 0.118. The molecule has 2 aromatic heterocycles. The fraction of sp³-hybridized carbons (Fsp3) is 0.419. The number of benzene rings is 3. The van der Waals surface area contributed by atoms with E-state index < -0.39 is 11.9 Å². The van der Waals surface area contributed by atoms with Gasteiger partial charge in [0.1, 0.15) is 0 Å². The van der Waals surface area contributed by atoms with E-state index in [9.17, 15) is 0 Å². The zero-order valence-corrected chi connectivity index (χ0v) is 34.7. The Balaban J connectivity index is 0.000000182. The van der Waals surface area contributed by atoms with Gasteiger partial charge in [-0.15, -0.1) is 0 Å². The fourth-order valence-corrected chi connectivity index (χ4v) is 21.2. The van der Waals surface area contributed by atoms with Gasteiger partial charge in [0.05, 0.1) is 17.0 Å². The number of thiophene rings is 1. The molecule has 3 aliphatic carbocycles. The third-order valence-electron chi connectivity index (χ3n) is 11.0. The third kappa shape index (κ3) is 9.39. The van der Waals surface area contributed by atoms with Crippen molar-refractivity contribution in [3.8, 4) is 22.8 Å². The predicted molar refractivity (Wildman–Crippen MR) is 222 cm³/mol. The van der Waals surface area contributed by atoms with Gasteiger partial charge in [0, 0.05) is 7.92 Å². The van der Waals surface area contributed by atoms with Crippen LogP contribution in [0.25, 0.3) is 22.8 Å². The van der Waals surface area contributed by atoms with Crippen LogP contribution in [-0.4, -0.2) is 35.9 Å². The summed E-state index contributed by atoms with van der Waals surface area (Å²) in [6, 6.07) is 34.3. The van der Waals surface area contributed by atoms with Crippen molar-refractivity contribution in [3.05, 3.63) is 117 Å². The zero-order chi connectivity index (χ0) is 34.9. The van der Waals surface area contributed by atoms with Gasteiger partial charge in [-0.25, -0.2) is 0 Å². The molecular weight excluding hydrogens is 794 g/mol. The van der Waals surface area contributed by atoms with Crippen LogP contribution in [0.1, 0.15) is 101 Å². The number of halogens is 2. The molecule has 3 aromatic carbocycles. The van der Waals surface area contributed by atoms with Gasteiger partial charge < -0.3 is 0 Å². The van der Waals surface area contributed by atoms with Crippen LogP contribution in [0.4, 0.5) is 0 Å². The van der Waals surface area contributed by atoms with Crippen LogP contribution in [0.2, 0.25) is 0 Å². The SMILES string of the molecule is C1CCC([PH+](C2CCCCC2)C2CCCCC2)CC1.[Cl][Ru]([Cl])(=[CH]c1cccs1)=[c]1n(-c2ccccc2)nc(-c2ccccc2)n1-c1ccccc1. The molecule has 272 valence electrons. The molecule has 0 bridgehead atoms. The second kappa shape index (κ2) is 18.4. The molecule has 8 rings (SSSR count). The molecule has 0 amide bonds. The van der Waals surface area contributed by atoms with Crippen molar-refractivity contribution in [1.82, 2.24) is 14.3 Å². The second-order valence-electron chi connectivity index (χ2n) is 14.4. The number of para-hydroxylation sites is 2. The summed E-state index contributed by atoms with van der Waals surface area (Å²) in [5, 5.41) is 7.09. The van der Waals surface area contributed by atoms with Gasteiger partial charge >= 0.3 is 202 Å². The minimum atomic E-state index is -3.56. The Morgan fingerprint density at radius 2 is 1.06 bits per heavy atom. The molecule has 5 aromatic rings. The van der Waals surface area contributed by atoms with E-state index in [1.807, 2.05) is 93.5 Å². The Hall–Kier alpha value is -2.00. The number of rotatable bonds is 7. The Morgan fingerprint density at radius 1 is 0.588 bits per heavy atom. The molecule has 2 heterocycles. The van der Waals surface area contributed by atoms with E-state index >= 15 is 0 Å². The van der Waals surface area contributed by atoms with Crippen LogP contribution in [0, 0.1) is 4.01 Å². The number of nitrogens with zero attached hydrogens (tertiary/aromatic N) is 3. The summed E-state index contributed by atoms with van der Waals surface area (Å²) in [5.74, 6) is 0.793. The molecule has 8 heteroatoms. The molecule has 0 atom stereocenters. The molecule has 3 aliphatic rings. The first-order chi connectivity index (χ1) is 25.1. The van der Waals surface area contributed by atoms with E-state index in [1.165, 1.54) is 17.0 Å². The standard InChI is InChI=1S/C20H15N3.C18H33P.C5H4S.2ClH.Ru/c1-4-10-17(11-5-1)20-21-23(19-14-8-3-9-15-19)16-22(20)18-12-6-2-7-13-18;1-4-10-16(11-5-1)19(17-12-6-2-7-13-17)18-14-8-3-9-15-18;1-5-3-2-4-6-5;;;/h1-15H;16-18H,1-15H2;1-4H;2*1H;/q;;;;;+2/p-1. The van der Waals surface area contributed by atoms with Gasteiger partial charge in [-0.3, -0.25) is 0 Å². The van der Waals surface area contributed by atoms with Crippen LogP contribution in [0.5, 0.6) is 0 Å². The zero-order valence-electron chi connectivity index (χ0n) is 29.7. The van der Waals surface area contributed by atoms with E-state index in [2.05, 4.69) is 28.8 Å². The van der Waals surface area contributed by atoms with Gasteiger partial charge in [-0.2, -0.15) is 0 Å². The van der Waals surface area contributed by atoms with E-state index in [-0.39, 0.29) is 7.92 Å². The first-order valence-corrected chi connectivity index (χ1v) is 28.1. The van der Waals surface area contributed by atoms with E-state index in [1.54, 1.807) is 108 Å². The molecule has 3 fully saturated rings. The van der Waals surface area contributed by atoms with Crippen LogP contribution >= 0.6 is 38.6 Å². The van der Waals surface area contributed by atoms with Crippen molar-refractivity contribution in [3.63, 3.8) is 0 Å². The van der Waals surface area contributed by atoms with Crippen molar-refractivity contribution in [2.75, 3.05) is 0 Å². The summed E-state index contributed by atoms with van der Waals surface area (Å²) in [6.07, 6.45) is 23.8. The van der Waals surface area contributed by atoms with Crippen molar-refractivity contribution < 1.29 is 11.9 Å². The van der Waals surface area contributed by atoms with Gasteiger partial charge in [0.25, 0.3) is 0 Å². The second-order valence-corrected chi connectivity index (χ2v) is 28.1. The molecule has 3 saturated carbocycles. The Kier molecular flexibility index (Phi) is 13.4. The molecule has 0 unspecified atom stereocenters. The van der Waals surface area contributed by atoms with E-state index in [4.69, 9.17) is 24.5 Å². The molecule has 0 N–H and O–H groups in total. The summed E-state index contributed by atoms with van der Waals surface area (Å²) < 4.78 is 6.85. The van der Waals surface area contributed by atoms with Gasteiger partial charge in [0.2, 0.25) is 0 Å². The number of hydrogen-bond donors (Lipinski definition) is 0. The van der Waals surface area contributed by atoms with Crippen molar-refractivity contribution in [1.29, 1.82) is 0 Å². The Morgan fingerprint density at radius 3 is 1.53 bits per heavy atom. The van der Waals surface area contributed by atoms with Crippen molar-refractivity contribution >= 4 is 43.2 Å². The third-order valence-corrected chi connectivity index (χ3v) is 22.0. The van der Waals surface area contributed by atoms with Crippen molar-refractivity contribution in [2.45, 2.75) is 113 Å². The number of aromatic nitrogens is 3. The fourth-order valence-electron chi connectivity index (χ4n) is 8.70. The van der Waals surface area contributed by atoms with E-state index in [0.29, 0.717) is 0 Å². The monoisotopic (exact) mass is 846 g/mol. The first-order valence-electron chi connectivity index (χ1n) is 19.2. The van der Waals surface area contributed by atoms with Crippen molar-refractivity contribution in [2.24, 2.45) is 0 Å². The molecule has 0 spiro atoms. The topological polar surface area (TPSA) is 22.8 Å². The Labute approximate surface area is 320 Å². The first kappa shape index (κ1) is 37.3. The van der Waals surface area contributed by atoms with E-state index in [0.717, 1.165) is 31.7 Å². The predicted octanol–water partition coefficient (Wildman–Crippen LogP) is 13.4. The normalized spacial score (nSPS) is 18.3. The minimum absolute atomic E-state index is 0.0465. The molecule has 0 radical (unpaired) electrons. The molecule has 3 nitrogen and oxygen atoms in total. The summed E-state index contributed by atoms with van der Waals surface area (Å²) >= 11 is -1.93. The summed E-state index contributed by atoms with van der Waals surface area (Å²) in [6.45, 7) is 0. The van der Waals surface area contributed by atoms with Crippen LogP contribution in [0.15, 0.2) is 109 Å². The van der Waals surface area contributed by atoms with Crippen LogP contribution < -0.4 is 0 Å². The molecular formula is C43H53Cl2N3PRuS+. The average Bonchev–Trinajstić information content (AvgIpc) is 3.86. The average molecular weight is 847 g/mol. The van der Waals surface area contributed by atoms with Gasteiger partial charge in [-0.1, -0.05) is 19.3 Å². The molecule has 0 aliphatic heterocycles. The molecule has 51 heavy (non-hydrogen) atoms. The Bertz CT molecular complexity index is 1900. The maximum atomic E-state index is 7.27. The van der Waals surface area contributed by atoms with Gasteiger partial charge in [-0.05, 0) is 77.0 Å². The summed E-state index contributed by atoms with van der Waals surface area (Å²) in [7, 11) is 14.5. The molecule has 0 saturated heterocycles. The van der Waals surface area contributed by atoms with Crippen LogP contribution in [0.3, 0.4) is 0 Å². The van der Waals surface area contributed by atoms with Crippen LogP contribution in [-0.2, 0) is 11.9 Å². The summed E-state index contributed by atoms with van der Waals surface area (Å²) in [4.78, 5) is 1.06. The summed E-state index contributed by atoms with van der Waals surface area (Å²) in [5.41, 5.74) is 6.56.